The first kappa shape index (κ1) is 12.2. The lowest BCUT2D eigenvalue weighted by Gasteiger charge is -2.19. The van der Waals surface area contributed by atoms with Gasteiger partial charge in [-0.3, -0.25) is 0 Å². The number of hydrogen-bond acceptors (Lipinski definition) is 2. The third-order valence-corrected chi connectivity index (χ3v) is 4.62. The lowest BCUT2D eigenvalue weighted by Crippen LogP contribution is -2.09. The Morgan fingerprint density at radius 2 is 2.06 bits per heavy atom. The van der Waals surface area contributed by atoms with Crippen molar-refractivity contribution in [3.8, 4) is 11.3 Å². The predicted octanol–water partition coefficient (Wildman–Crippen LogP) is 4.58. The van der Waals surface area contributed by atoms with E-state index in [2.05, 4.69) is 34.7 Å². The lowest BCUT2D eigenvalue weighted by molar-refractivity contribution is 0.0691. The van der Waals surface area contributed by atoms with Crippen LogP contribution in [-0.2, 0) is 11.2 Å². The van der Waals surface area contributed by atoms with Gasteiger partial charge in [0.05, 0.1) is 3.57 Å². The molecular formula is C15H15IO2. The van der Waals surface area contributed by atoms with Crippen LogP contribution in [0.1, 0.15) is 30.3 Å². The normalized spacial score (nSPS) is 18.7. The predicted molar refractivity (Wildman–Crippen MR) is 79.5 cm³/mol. The highest BCUT2D eigenvalue weighted by Crippen LogP contribution is 2.41. The van der Waals surface area contributed by atoms with E-state index in [1.54, 1.807) is 7.11 Å². The van der Waals surface area contributed by atoms with E-state index in [0.717, 1.165) is 29.9 Å². The Morgan fingerprint density at radius 3 is 2.78 bits per heavy atom. The van der Waals surface area contributed by atoms with Gasteiger partial charge in [0.25, 0.3) is 0 Å². The average molecular weight is 354 g/mol. The molecule has 3 rings (SSSR count). The molecule has 1 aromatic heterocycles. The third kappa shape index (κ3) is 1.99. The summed E-state index contributed by atoms with van der Waals surface area (Å²) in [6.07, 6.45) is 3.46. The van der Waals surface area contributed by atoms with Gasteiger partial charge in [0.15, 0.2) is 0 Å². The van der Waals surface area contributed by atoms with Gasteiger partial charge in [-0.25, -0.2) is 0 Å². The van der Waals surface area contributed by atoms with Gasteiger partial charge in [-0.2, -0.15) is 0 Å². The molecule has 0 saturated heterocycles. The maximum absolute atomic E-state index is 6.09. The second-order valence-corrected chi connectivity index (χ2v) is 5.65. The van der Waals surface area contributed by atoms with Crippen molar-refractivity contribution in [2.24, 2.45) is 0 Å². The minimum atomic E-state index is 0.125. The van der Waals surface area contributed by atoms with E-state index in [4.69, 9.17) is 9.15 Å². The van der Waals surface area contributed by atoms with Crippen molar-refractivity contribution in [3.63, 3.8) is 0 Å². The number of hydrogen-bond donors (Lipinski definition) is 0. The van der Waals surface area contributed by atoms with Crippen molar-refractivity contribution in [1.29, 1.82) is 0 Å². The molecule has 0 radical (unpaired) electrons. The van der Waals surface area contributed by atoms with Crippen LogP contribution in [0.4, 0.5) is 0 Å². The highest BCUT2D eigenvalue weighted by molar-refractivity contribution is 14.1. The lowest BCUT2D eigenvalue weighted by atomic mass is 9.96. The minimum absolute atomic E-state index is 0.125. The van der Waals surface area contributed by atoms with Crippen molar-refractivity contribution in [2.75, 3.05) is 7.11 Å². The summed E-state index contributed by atoms with van der Waals surface area (Å²) in [4.78, 5) is 0. The first-order chi connectivity index (χ1) is 8.81. The van der Waals surface area contributed by atoms with Gasteiger partial charge in [-0.15, -0.1) is 0 Å². The maximum Gasteiger partial charge on any atom is 0.148 e. The molecule has 1 aliphatic rings. The monoisotopic (exact) mass is 354 g/mol. The number of ether oxygens (including phenoxy) is 1. The van der Waals surface area contributed by atoms with Gasteiger partial charge in [0.1, 0.15) is 17.6 Å². The Balaban J connectivity index is 2.11. The van der Waals surface area contributed by atoms with Gasteiger partial charge >= 0.3 is 0 Å². The summed E-state index contributed by atoms with van der Waals surface area (Å²) in [5.41, 5.74) is 2.48. The quantitative estimate of drug-likeness (QED) is 0.737. The molecule has 3 heteroatoms. The van der Waals surface area contributed by atoms with E-state index in [-0.39, 0.29) is 6.10 Å². The maximum atomic E-state index is 6.09. The Labute approximate surface area is 120 Å². The summed E-state index contributed by atoms with van der Waals surface area (Å²) in [5.74, 6) is 2.03. The summed E-state index contributed by atoms with van der Waals surface area (Å²) >= 11 is 2.40. The number of halogens is 1. The Morgan fingerprint density at radius 1 is 1.28 bits per heavy atom. The van der Waals surface area contributed by atoms with Crippen molar-refractivity contribution >= 4 is 22.6 Å². The van der Waals surface area contributed by atoms with Crippen LogP contribution in [0.2, 0.25) is 0 Å². The van der Waals surface area contributed by atoms with E-state index >= 15 is 0 Å². The van der Waals surface area contributed by atoms with Crippen LogP contribution in [0.15, 0.2) is 34.7 Å². The minimum Gasteiger partial charge on any atom is -0.457 e. The molecule has 1 atom stereocenters. The molecule has 1 heterocycles. The van der Waals surface area contributed by atoms with Crippen LogP contribution < -0.4 is 0 Å². The molecular weight excluding hydrogens is 339 g/mol. The highest BCUT2D eigenvalue weighted by Gasteiger charge is 2.28. The van der Waals surface area contributed by atoms with Crippen LogP contribution in [0.3, 0.4) is 0 Å². The molecule has 0 amide bonds. The van der Waals surface area contributed by atoms with E-state index in [9.17, 15) is 0 Å². The molecule has 2 nitrogen and oxygen atoms in total. The second kappa shape index (κ2) is 5.05. The molecule has 1 aromatic carbocycles. The van der Waals surface area contributed by atoms with E-state index < -0.39 is 0 Å². The van der Waals surface area contributed by atoms with Crippen LogP contribution in [-0.4, -0.2) is 7.11 Å². The molecule has 0 fully saturated rings. The second-order valence-electron chi connectivity index (χ2n) is 4.57. The third-order valence-electron chi connectivity index (χ3n) is 3.48. The smallest absolute Gasteiger partial charge is 0.148 e. The average Bonchev–Trinajstić information content (AvgIpc) is 2.77. The molecule has 0 spiro atoms. The number of methoxy groups -OCH3 is 1. The standard InChI is InChI=1S/C15H15IO2/c1-17-12-9-5-8-11-13(16)14(18-15(11)12)10-6-3-2-4-7-10/h2-4,6-7,12H,5,8-9H2,1H3. The van der Waals surface area contributed by atoms with Gasteiger partial charge in [-0.1, -0.05) is 30.3 Å². The molecule has 0 N–H and O–H groups in total. The Hall–Kier alpha value is -0.810. The SMILES string of the molecule is COC1CCCc2c1oc(-c1ccccc1)c2I. The van der Waals surface area contributed by atoms with Gasteiger partial charge in [0, 0.05) is 18.2 Å². The number of benzene rings is 1. The number of rotatable bonds is 2. The van der Waals surface area contributed by atoms with Crippen molar-refractivity contribution < 1.29 is 9.15 Å². The number of furan rings is 1. The molecule has 0 bridgehead atoms. The zero-order chi connectivity index (χ0) is 12.5. The molecule has 1 aliphatic carbocycles. The fraction of sp³-hybridized carbons (Fsp3) is 0.333. The molecule has 94 valence electrons. The largest absolute Gasteiger partial charge is 0.457 e. The molecule has 18 heavy (non-hydrogen) atoms. The Bertz CT molecular complexity index is 545. The Kier molecular flexibility index (Phi) is 3.43. The summed E-state index contributed by atoms with van der Waals surface area (Å²) in [7, 11) is 1.76. The van der Waals surface area contributed by atoms with Gasteiger partial charge in [-0.05, 0) is 41.9 Å². The van der Waals surface area contributed by atoms with Crippen molar-refractivity contribution in [2.45, 2.75) is 25.4 Å². The van der Waals surface area contributed by atoms with E-state index in [1.165, 1.54) is 15.6 Å². The summed E-state index contributed by atoms with van der Waals surface area (Å²) in [5, 5.41) is 0. The summed E-state index contributed by atoms with van der Waals surface area (Å²) in [6, 6.07) is 10.3. The van der Waals surface area contributed by atoms with Crippen molar-refractivity contribution in [3.05, 3.63) is 45.2 Å². The van der Waals surface area contributed by atoms with Gasteiger partial charge in [0.2, 0.25) is 0 Å². The number of fused-ring (bicyclic) bond motifs is 1. The first-order valence-electron chi connectivity index (χ1n) is 6.20. The summed E-state index contributed by atoms with van der Waals surface area (Å²) < 4.78 is 12.9. The molecule has 2 aromatic rings. The van der Waals surface area contributed by atoms with E-state index in [1.807, 2.05) is 18.2 Å². The van der Waals surface area contributed by atoms with Crippen LogP contribution in [0.5, 0.6) is 0 Å². The van der Waals surface area contributed by atoms with Crippen molar-refractivity contribution in [1.82, 2.24) is 0 Å². The summed E-state index contributed by atoms with van der Waals surface area (Å²) in [6.45, 7) is 0. The van der Waals surface area contributed by atoms with Gasteiger partial charge < -0.3 is 9.15 Å². The fourth-order valence-electron chi connectivity index (χ4n) is 2.55. The zero-order valence-corrected chi connectivity index (χ0v) is 12.4. The molecule has 1 unspecified atom stereocenters. The molecule has 0 aliphatic heterocycles. The van der Waals surface area contributed by atoms with Crippen LogP contribution in [0.25, 0.3) is 11.3 Å². The van der Waals surface area contributed by atoms with E-state index in [0.29, 0.717) is 0 Å². The van der Waals surface area contributed by atoms with Crippen LogP contribution >= 0.6 is 22.6 Å². The zero-order valence-electron chi connectivity index (χ0n) is 10.3. The fourth-order valence-corrected chi connectivity index (χ4v) is 3.51. The molecule has 0 saturated carbocycles. The highest BCUT2D eigenvalue weighted by atomic mass is 127. The topological polar surface area (TPSA) is 22.4 Å². The van der Waals surface area contributed by atoms with Crippen LogP contribution in [0, 0.1) is 3.57 Å². The first-order valence-corrected chi connectivity index (χ1v) is 7.28.